The molecule has 124 valence electrons. The van der Waals surface area contributed by atoms with Gasteiger partial charge >= 0.3 is 6.03 Å². The molecule has 6 heteroatoms. The third kappa shape index (κ3) is 3.01. The number of carbonyl (C=O) groups is 2. The van der Waals surface area contributed by atoms with Crippen LogP contribution in [0.5, 0.6) is 0 Å². The van der Waals surface area contributed by atoms with Crippen LogP contribution in [0.4, 0.5) is 10.5 Å². The Morgan fingerprint density at radius 3 is 2.83 bits per heavy atom. The van der Waals surface area contributed by atoms with Gasteiger partial charge in [0.1, 0.15) is 0 Å². The van der Waals surface area contributed by atoms with Crippen molar-refractivity contribution < 1.29 is 9.59 Å². The summed E-state index contributed by atoms with van der Waals surface area (Å²) in [6.07, 6.45) is 2.15. The molecule has 0 unspecified atom stereocenters. The van der Waals surface area contributed by atoms with Crippen molar-refractivity contribution in [2.24, 2.45) is 0 Å². The Kier molecular flexibility index (Phi) is 3.98. The highest BCUT2D eigenvalue weighted by molar-refractivity contribution is 7.09. The van der Waals surface area contributed by atoms with Crippen LogP contribution in [-0.2, 0) is 6.54 Å². The number of nitrogens with one attached hydrogen (secondary N) is 1. The lowest BCUT2D eigenvalue weighted by Gasteiger charge is -2.23. The van der Waals surface area contributed by atoms with Gasteiger partial charge in [0.2, 0.25) is 0 Å². The van der Waals surface area contributed by atoms with Gasteiger partial charge in [-0.3, -0.25) is 9.69 Å². The number of hydrogen-bond donors (Lipinski definition) is 1. The fourth-order valence-electron chi connectivity index (χ4n) is 3.01. The van der Waals surface area contributed by atoms with E-state index in [1.807, 2.05) is 40.6 Å². The van der Waals surface area contributed by atoms with Crippen molar-refractivity contribution in [3.8, 4) is 0 Å². The molecule has 0 spiro atoms. The monoisotopic (exact) mass is 341 g/mol. The van der Waals surface area contributed by atoms with Crippen LogP contribution in [-0.4, -0.2) is 36.0 Å². The minimum Gasteiger partial charge on any atom is -0.336 e. The minimum absolute atomic E-state index is 0.0485. The molecule has 4 rings (SSSR count). The third-order valence-corrected chi connectivity index (χ3v) is 5.28. The first kappa shape index (κ1) is 15.2. The quantitative estimate of drug-likeness (QED) is 0.909. The normalized spacial score (nSPS) is 17.0. The van der Waals surface area contributed by atoms with Gasteiger partial charge in [0.15, 0.2) is 0 Å². The molecule has 2 aliphatic rings. The number of carbonyl (C=O) groups excluding carboxylic acids is 2. The summed E-state index contributed by atoms with van der Waals surface area (Å²) < 4.78 is 0. The van der Waals surface area contributed by atoms with Crippen molar-refractivity contribution >= 4 is 29.0 Å². The van der Waals surface area contributed by atoms with Crippen LogP contribution in [0.25, 0.3) is 0 Å². The summed E-state index contributed by atoms with van der Waals surface area (Å²) in [6.45, 7) is 1.94. The van der Waals surface area contributed by atoms with E-state index < -0.39 is 0 Å². The first-order chi connectivity index (χ1) is 11.7. The Hall–Kier alpha value is -2.34. The predicted octanol–water partition coefficient (Wildman–Crippen LogP) is 3.08. The van der Waals surface area contributed by atoms with E-state index in [0.29, 0.717) is 31.2 Å². The highest BCUT2D eigenvalue weighted by atomic mass is 32.1. The number of hydrogen-bond acceptors (Lipinski definition) is 3. The fraction of sp³-hybridized carbons (Fsp3) is 0.333. The molecule has 0 radical (unpaired) electrons. The number of urea groups is 1. The lowest BCUT2D eigenvalue weighted by atomic mass is 10.1. The van der Waals surface area contributed by atoms with Crippen LogP contribution < -0.4 is 10.2 Å². The van der Waals surface area contributed by atoms with Crippen molar-refractivity contribution in [3.05, 3.63) is 52.2 Å². The Labute approximate surface area is 144 Å². The maximum Gasteiger partial charge on any atom is 0.321 e. The molecule has 1 aromatic carbocycles. The third-order valence-electron chi connectivity index (χ3n) is 4.42. The van der Waals surface area contributed by atoms with Gasteiger partial charge in [-0.25, -0.2) is 4.79 Å². The molecular weight excluding hydrogens is 322 g/mol. The molecule has 2 fully saturated rings. The zero-order valence-electron chi connectivity index (χ0n) is 13.3. The highest BCUT2D eigenvalue weighted by Gasteiger charge is 2.33. The van der Waals surface area contributed by atoms with Crippen LogP contribution in [0.2, 0.25) is 0 Å². The van der Waals surface area contributed by atoms with Crippen LogP contribution in [0.15, 0.2) is 41.8 Å². The molecule has 24 heavy (non-hydrogen) atoms. The van der Waals surface area contributed by atoms with Gasteiger partial charge in [-0.05, 0) is 42.5 Å². The van der Waals surface area contributed by atoms with Crippen molar-refractivity contribution in [1.29, 1.82) is 0 Å². The van der Waals surface area contributed by atoms with E-state index in [0.717, 1.165) is 18.5 Å². The van der Waals surface area contributed by atoms with Crippen LogP contribution in [0, 0.1) is 0 Å². The zero-order valence-corrected chi connectivity index (χ0v) is 14.1. The van der Waals surface area contributed by atoms with Gasteiger partial charge in [0, 0.05) is 35.3 Å². The molecule has 1 saturated heterocycles. The molecule has 3 amide bonds. The lowest BCUT2D eigenvalue weighted by molar-refractivity contribution is 0.0731. The summed E-state index contributed by atoms with van der Waals surface area (Å²) in [4.78, 5) is 29.7. The van der Waals surface area contributed by atoms with Gasteiger partial charge in [0.25, 0.3) is 5.91 Å². The number of amides is 3. The summed E-state index contributed by atoms with van der Waals surface area (Å²) in [5.74, 6) is 0.0485. The number of anilines is 1. The smallest absolute Gasteiger partial charge is 0.321 e. The van der Waals surface area contributed by atoms with Gasteiger partial charge in [-0.15, -0.1) is 11.3 Å². The number of rotatable bonds is 5. The second-order valence-corrected chi connectivity index (χ2v) is 7.21. The van der Waals surface area contributed by atoms with Crippen molar-refractivity contribution in [1.82, 2.24) is 10.2 Å². The van der Waals surface area contributed by atoms with E-state index in [1.165, 1.54) is 4.88 Å². The van der Waals surface area contributed by atoms with Gasteiger partial charge < -0.3 is 10.2 Å². The van der Waals surface area contributed by atoms with Crippen molar-refractivity contribution in [2.45, 2.75) is 25.4 Å². The Bertz CT molecular complexity index is 755. The van der Waals surface area contributed by atoms with Gasteiger partial charge in [0.05, 0.1) is 6.54 Å². The summed E-state index contributed by atoms with van der Waals surface area (Å²) in [7, 11) is 0. The topological polar surface area (TPSA) is 52.7 Å². The lowest BCUT2D eigenvalue weighted by Crippen LogP contribution is -2.33. The number of thiophene rings is 1. The molecule has 1 N–H and O–H groups in total. The SMILES string of the molecule is O=C1NCCN1c1cccc(C(=O)N(Cc2cccs2)C2CC2)c1. The molecule has 1 aromatic heterocycles. The second kappa shape index (κ2) is 6.28. The van der Waals surface area contributed by atoms with Gasteiger partial charge in [-0.1, -0.05) is 12.1 Å². The molecular formula is C18H19N3O2S. The summed E-state index contributed by atoms with van der Waals surface area (Å²) >= 11 is 1.68. The molecule has 2 aromatic rings. The van der Waals surface area contributed by atoms with E-state index >= 15 is 0 Å². The minimum atomic E-state index is -0.0998. The number of benzene rings is 1. The van der Waals surface area contributed by atoms with Crippen molar-refractivity contribution in [2.75, 3.05) is 18.0 Å². The van der Waals surface area contributed by atoms with E-state index in [1.54, 1.807) is 16.2 Å². The van der Waals surface area contributed by atoms with Gasteiger partial charge in [-0.2, -0.15) is 0 Å². The van der Waals surface area contributed by atoms with Crippen LogP contribution >= 0.6 is 11.3 Å². The molecule has 1 aliphatic heterocycles. The van der Waals surface area contributed by atoms with E-state index in [2.05, 4.69) is 11.4 Å². The van der Waals surface area contributed by atoms with Crippen molar-refractivity contribution in [3.63, 3.8) is 0 Å². The Morgan fingerprint density at radius 1 is 1.29 bits per heavy atom. The fourth-order valence-corrected chi connectivity index (χ4v) is 3.72. The highest BCUT2D eigenvalue weighted by Crippen LogP contribution is 2.31. The molecule has 1 saturated carbocycles. The van der Waals surface area contributed by atoms with E-state index in [4.69, 9.17) is 0 Å². The van der Waals surface area contributed by atoms with E-state index in [9.17, 15) is 9.59 Å². The Morgan fingerprint density at radius 2 is 2.17 bits per heavy atom. The predicted molar refractivity (Wildman–Crippen MR) is 94.4 cm³/mol. The first-order valence-corrected chi connectivity index (χ1v) is 9.09. The zero-order chi connectivity index (χ0) is 16.5. The van der Waals surface area contributed by atoms with Crippen LogP contribution in [0.1, 0.15) is 28.1 Å². The standard InChI is InChI=1S/C18H19N3O2S/c22-17(21(14-6-7-14)12-16-5-2-10-24-16)13-3-1-4-15(11-13)20-9-8-19-18(20)23/h1-5,10-11,14H,6-9,12H2,(H,19,23). The Balaban J connectivity index is 1.57. The first-order valence-electron chi connectivity index (χ1n) is 8.21. The maximum absolute atomic E-state index is 13.0. The number of nitrogens with zero attached hydrogens (tertiary/aromatic N) is 2. The average molecular weight is 341 g/mol. The van der Waals surface area contributed by atoms with Crippen LogP contribution in [0.3, 0.4) is 0 Å². The summed E-state index contributed by atoms with van der Waals surface area (Å²) in [5.41, 5.74) is 1.43. The second-order valence-electron chi connectivity index (χ2n) is 6.18. The molecule has 5 nitrogen and oxygen atoms in total. The molecule has 0 atom stereocenters. The molecule has 1 aliphatic carbocycles. The average Bonchev–Trinajstić information content (AvgIpc) is 3.13. The maximum atomic E-state index is 13.0. The molecule has 2 heterocycles. The largest absolute Gasteiger partial charge is 0.336 e. The summed E-state index contributed by atoms with van der Waals surface area (Å²) in [5, 5.41) is 4.83. The van der Waals surface area contributed by atoms with E-state index in [-0.39, 0.29) is 11.9 Å². The molecule has 0 bridgehead atoms. The summed E-state index contributed by atoms with van der Waals surface area (Å²) in [6, 6.07) is 11.7.